The number of nitrogens with zero attached hydrogens (tertiary/aromatic N) is 1. The lowest BCUT2D eigenvalue weighted by molar-refractivity contribution is -0.459. The highest BCUT2D eigenvalue weighted by Crippen LogP contribution is 2.64. The smallest absolute Gasteiger partial charge is 0.333 e. The maximum Gasteiger partial charge on any atom is 0.460 e. The van der Waals surface area contributed by atoms with Gasteiger partial charge in [0.15, 0.2) is 0 Å². The molecule has 0 saturated carbocycles. The highest BCUT2D eigenvalue weighted by atomic mass is 19.4. The third-order valence-electron chi connectivity index (χ3n) is 5.41. The summed E-state index contributed by atoms with van der Waals surface area (Å²) in [4.78, 5) is 11.6. The van der Waals surface area contributed by atoms with Crippen LogP contribution in [0.1, 0.15) is 11.1 Å². The van der Waals surface area contributed by atoms with Crippen LogP contribution in [0.25, 0.3) is 0 Å². The molecule has 0 saturated heterocycles. The number of amides is 1. The van der Waals surface area contributed by atoms with E-state index in [1.807, 2.05) is 0 Å². The number of rotatable bonds is 7. The molecule has 37 heavy (non-hydrogen) atoms. The van der Waals surface area contributed by atoms with Crippen molar-refractivity contribution in [1.82, 2.24) is 4.90 Å². The standard InChI is InChI=1S/C18H10F17NO/c19-11(20,10(37)36-6-5-8-3-1-2-4-9(8)7-36)12(21,22)13(23,24)14(25,26)15(27,28)16(29,30)17(31,32)18(33,34)35/h1-4H,5-7H2. The van der Waals surface area contributed by atoms with Crippen LogP contribution in [0.5, 0.6) is 0 Å². The van der Waals surface area contributed by atoms with Gasteiger partial charge in [-0.15, -0.1) is 0 Å². The van der Waals surface area contributed by atoms with Crippen molar-refractivity contribution in [2.75, 3.05) is 6.54 Å². The predicted octanol–water partition coefficient (Wildman–Crippen LogP) is 6.58. The molecule has 1 aromatic carbocycles. The highest BCUT2D eigenvalue weighted by molar-refractivity contribution is 5.85. The van der Waals surface area contributed by atoms with Crippen LogP contribution in [0, 0.1) is 0 Å². The van der Waals surface area contributed by atoms with Crippen LogP contribution in [-0.4, -0.2) is 65.0 Å². The Morgan fingerprint density at radius 2 is 0.946 bits per heavy atom. The topological polar surface area (TPSA) is 20.3 Å². The molecule has 0 aliphatic carbocycles. The van der Waals surface area contributed by atoms with Crippen molar-refractivity contribution in [2.24, 2.45) is 0 Å². The largest absolute Gasteiger partial charge is 0.460 e. The Morgan fingerprint density at radius 1 is 0.568 bits per heavy atom. The average molecular weight is 579 g/mol. The minimum atomic E-state index is -8.73. The molecular weight excluding hydrogens is 569 g/mol. The van der Waals surface area contributed by atoms with Crippen molar-refractivity contribution < 1.29 is 79.4 Å². The van der Waals surface area contributed by atoms with E-state index in [1.54, 1.807) is 0 Å². The number of carbonyl (C=O) groups is 1. The molecule has 0 fully saturated rings. The summed E-state index contributed by atoms with van der Waals surface area (Å²) in [6.45, 7) is -1.95. The summed E-state index contributed by atoms with van der Waals surface area (Å²) < 4.78 is 227. The lowest BCUT2D eigenvalue weighted by Gasteiger charge is -2.43. The molecule has 0 atom stereocenters. The molecule has 1 aliphatic rings. The summed E-state index contributed by atoms with van der Waals surface area (Å²) in [5.74, 6) is -61.2. The number of carbonyl (C=O) groups excluding carboxylic acids is 1. The molecule has 0 radical (unpaired) electrons. The van der Waals surface area contributed by atoms with Crippen LogP contribution in [-0.2, 0) is 17.8 Å². The van der Waals surface area contributed by atoms with E-state index in [0.29, 0.717) is 5.56 Å². The van der Waals surface area contributed by atoms with Crippen LogP contribution in [0.15, 0.2) is 24.3 Å². The van der Waals surface area contributed by atoms with Crippen LogP contribution in [0.4, 0.5) is 74.6 Å². The Hall–Kier alpha value is -2.50. The molecule has 0 spiro atoms. The molecule has 0 unspecified atom stereocenters. The first-order valence-corrected chi connectivity index (χ1v) is 9.31. The molecule has 1 aliphatic heterocycles. The fourth-order valence-corrected chi connectivity index (χ4v) is 3.17. The Kier molecular flexibility index (Phi) is 7.06. The molecule has 2 rings (SSSR count). The summed E-state index contributed by atoms with van der Waals surface area (Å²) in [6, 6.07) is 5.14. The Labute approximate surface area is 194 Å². The van der Waals surface area contributed by atoms with Crippen molar-refractivity contribution in [1.29, 1.82) is 0 Å². The summed E-state index contributed by atoms with van der Waals surface area (Å²) in [7, 11) is 0. The van der Waals surface area contributed by atoms with E-state index >= 15 is 0 Å². The van der Waals surface area contributed by atoms with Crippen molar-refractivity contribution in [3.8, 4) is 0 Å². The zero-order valence-corrected chi connectivity index (χ0v) is 17.2. The quantitative estimate of drug-likeness (QED) is 0.335. The second kappa shape index (κ2) is 8.51. The minimum absolute atomic E-state index is 0.0288. The third-order valence-corrected chi connectivity index (χ3v) is 5.41. The second-order valence-corrected chi connectivity index (χ2v) is 7.76. The number of halogens is 17. The first-order valence-electron chi connectivity index (χ1n) is 9.31. The second-order valence-electron chi connectivity index (χ2n) is 7.76. The van der Waals surface area contributed by atoms with Gasteiger partial charge >= 0.3 is 47.6 Å². The molecule has 1 amide bonds. The number of fused-ring (bicyclic) bond motifs is 1. The monoisotopic (exact) mass is 579 g/mol. The fraction of sp³-hybridized carbons (Fsp3) is 0.611. The number of hydrogen-bond donors (Lipinski definition) is 0. The van der Waals surface area contributed by atoms with Gasteiger partial charge in [-0.1, -0.05) is 24.3 Å². The normalized spacial score (nSPS) is 17.1. The zero-order valence-electron chi connectivity index (χ0n) is 17.2. The maximum atomic E-state index is 14.2. The van der Waals surface area contributed by atoms with Gasteiger partial charge in [-0.3, -0.25) is 4.79 Å². The summed E-state index contributed by atoms with van der Waals surface area (Å²) in [5.41, 5.74) is 0.310. The molecule has 0 aromatic heterocycles. The van der Waals surface area contributed by atoms with Gasteiger partial charge in [0.25, 0.3) is 5.91 Å². The minimum Gasteiger partial charge on any atom is -0.333 e. The van der Waals surface area contributed by atoms with E-state index in [2.05, 4.69) is 0 Å². The van der Waals surface area contributed by atoms with E-state index in [9.17, 15) is 79.4 Å². The molecule has 2 nitrogen and oxygen atoms in total. The molecular formula is C18H10F17NO. The van der Waals surface area contributed by atoms with E-state index < -0.39 is 66.6 Å². The van der Waals surface area contributed by atoms with Gasteiger partial charge in [-0.2, -0.15) is 74.6 Å². The van der Waals surface area contributed by atoms with Crippen LogP contribution in [0.2, 0.25) is 0 Å². The van der Waals surface area contributed by atoms with Gasteiger partial charge in [0.05, 0.1) is 0 Å². The van der Waals surface area contributed by atoms with Gasteiger partial charge in [0.2, 0.25) is 0 Å². The van der Waals surface area contributed by atoms with Crippen molar-refractivity contribution in [3.05, 3.63) is 35.4 Å². The Bertz CT molecular complexity index is 1030. The molecule has 0 bridgehead atoms. The molecule has 212 valence electrons. The lowest BCUT2D eigenvalue weighted by atomic mass is 9.88. The molecule has 19 heteroatoms. The fourth-order valence-electron chi connectivity index (χ4n) is 3.17. The van der Waals surface area contributed by atoms with Gasteiger partial charge < -0.3 is 4.90 Å². The highest BCUT2D eigenvalue weighted by Gasteiger charge is 2.95. The summed E-state index contributed by atoms with van der Waals surface area (Å²) in [5, 5.41) is 0. The lowest BCUT2D eigenvalue weighted by Crippen LogP contribution is -2.75. The van der Waals surface area contributed by atoms with E-state index in [4.69, 9.17) is 0 Å². The van der Waals surface area contributed by atoms with Crippen LogP contribution < -0.4 is 0 Å². The molecule has 1 heterocycles. The third kappa shape index (κ3) is 4.06. The number of alkyl halides is 17. The summed E-state index contributed by atoms with van der Waals surface area (Å²) >= 11 is 0. The SMILES string of the molecule is O=C(N1CCc2ccccc2C1)C(F)(F)C(F)(F)C(F)(F)C(F)(F)C(F)(F)C(F)(F)C(F)(F)C(F)(F)F. The summed E-state index contributed by atoms with van der Waals surface area (Å²) in [6.07, 6.45) is -8.20. The average Bonchev–Trinajstić information content (AvgIpc) is 2.76. The van der Waals surface area contributed by atoms with Crippen LogP contribution >= 0.6 is 0 Å². The van der Waals surface area contributed by atoms with Crippen molar-refractivity contribution in [2.45, 2.75) is 60.6 Å². The zero-order chi connectivity index (χ0) is 29.3. The first-order chi connectivity index (χ1) is 16.2. The number of benzene rings is 1. The van der Waals surface area contributed by atoms with Gasteiger partial charge in [-0.25, -0.2) is 0 Å². The van der Waals surface area contributed by atoms with Crippen molar-refractivity contribution >= 4 is 5.91 Å². The van der Waals surface area contributed by atoms with Gasteiger partial charge in [-0.05, 0) is 17.5 Å². The van der Waals surface area contributed by atoms with Gasteiger partial charge in [0.1, 0.15) is 0 Å². The van der Waals surface area contributed by atoms with Gasteiger partial charge in [0, 0.05) is 13.1 Å². The van der Waals surface area contributed by atoms with Crippen LogP contribution in [0.3, 0.4) is 0 Å². The molecule has 0 N–H and O–H groups in total. The molecule has 1 aromatic rings. The van der Waals surface area contributed by atoms with E-state index in [1.165, 1.54) is 18.2 Å². The first kappa shape index (κ1) is 30.7. The predicted molar refractivity (Wildman–Crippen MR) is 86.2 cm³/mol. The maximum absolute atomic E-state index is 14.2. The van der Waals surface area contributed by atoms with E-state index in [-0.39, 0.29) is 16.9 Å². The Balaban J connectivity index is 2.52. The number of hydrogen-bond acceptors (Lipinski definition) is 1. The Morgan fingerprint density at radius 3 is 1.38 bits per heavy atom. The van der Waals surface area contributed by atoms with Crippen molar-refractivity contribution in [3.63, 3.8) is 0 Å². The van der Waals surface area contributed by atoms with E-state index in [0.717, 1.165) is 6.07 Å².